The first-order valence-electron chi connectivity index (χ1n) is 11.4. The van der Waals surface area contributed by atoms with Gasteiger partial charge in [-0.25, -0.2) is 12.7 Å². The van der Waals surface area contributed by atoms with Crippen molar-refractivity contribution in [1.82, 2.24) is 19.5 Å². The summed E-state index contributed by atoms with van der Waals surface area (Å²) in [6.45, 7) is 3.39. The Morgan fingerprint density at radius 3 is 2.48 bits per heavy atom. The van der Waals surface area contributed by atoms with E-state index in [1.165, 1.54) is 27.9 Å². The number of aromatic nitrogens is 1. The average molecular weight is 473 g/mol. The van der Waals surface area contributed by atoms with Crippen LogP contribution in [-0.4, -0.2) is 72.2 Å². The van der Waals surface area contributed by atoms with E-state index < -0.39 is 16.1 Å². The Labute approximate surface area is 195 Å². The molecule has 2 N–H and O–H groups in total. The highest BCUT2D eigenvalue weighted by Gasteiger charge is 2.25. The maximum absolute atomic E-state index is 12.6. The fraction of sp³-hybridized carbons (Fsp3) is 0.500. The van der Waals surface area contributed by atoms with Crippen molar-refractivity contribution in [3.8, 4) is 0 Å². The van der Waals surface area contributed by atoms with Gasteiger partial charge >= 0.3 is 0 Å². The number of nitrogens with zero attached hydrogens (tertiary/aromatic N) is 3. The van der Waals surface area contributed by atoms with Crippen molar-refractivity contribution in [3.05, 3.63) is 65.0 Å². The molecule has 178 valence electrons. The van der Waals surface area contributed by atoms with Gasteiger partial charge in [0.1, 0.15) is 0 Å². The molecule has 0 aliphatic carbocycles. The summed E-state index contributed by atoms with van der Waals surface area (Å²) in [5.74, 6) is 0.120. The molecule has 0 unspecified atom stereocenters. The van der Waals surface area contributed by atoms with Crippen LogP contribution < -0.4 is 5.32 Å². The number of piperidine rings is 1. The monoisotopic (exact) mass is 472 g/mol. The highest BCUT2D eigenvalue weighted by molar-refractivity contribution is 7.88. The van der Waals surface area contributed by atoms with Crippen LogP contribution in [0.4, 0.5) is 0 Å². The predicted octanol–water partition coefficient (Wildman–Crippen LogP) is 1.40. The molecule has 33 heavy (non-hydrogen) atoms. The molecule has 8 nitrogen and oxygen atoms in total. The smallest absolute Gasteiger partial charge is 0.252 e. The van der Waals surface area contributed by atoms with Crippen molar-refractivity contribution in [2.45, 2.75) is 38.5 Å². The van der Waals surface area contributed by atoms with Gasteiger partial charge in [0.2, 0.25) is 10.0 Å². The molecule has 0 radical (unpaired) electrons. The van der Waals surface area contributed by atoms with Gasteiger partial charge in [-0.05, 0) is 47.9 Å². The Kier molecular flexibility index (Phi) is 7.43. The van der Waals surface area contributed by atoms with Crippen molar-refractivity contribution >= 4 is 15.9 Å². The second kappa shape index (κ2) is 10.3. The van der Waals surface area contributed by atoms with Gasteiger partial charge < -0.3 is 10.4 Å². The molecule has 1 atom stereocenters. The van der Waals surface area contributed by atoms with Gasteiger partial charge in [-0.3, -0.25) is 14.7 Å². The van der Waals surface area contributed by atoms with E-state index in [4.69, 9.17) is 0 Å². The number of fused-ring (bicyclic) bond motifs is 1. The van der Waals surface area contributed by atoms with Gasteiger partial charge in [0, 0.05) is 51.7 Å². The van der Waals surface area contributed by atoms with Crippen molar-refractivity contribution < 1.29 is 18.3 Å². The third kappa shape index (κ3) is 6.38. The number of hydrogen-bond acceptors (Lipinski definition) is 6. The second-order valence-electron chi connectivity index (χ2n) is 9.19. The largest absolute Gasteiger partial charge is 0.390 e. The molecular weight excluding hydrogens is 440 g/mol. The minimum absolute atomic E-state index is 0.180. The topological polar surface area (TPSA) is 103 Å². The van der Waals surface area contributed by atoms with Gasteiger partial charge in [-0.15, -0.1) is 0 Å². The van der Waals surface area contributed by atoms with E-state index in [0.717, 1.165) is 37.9 Å². The molecule has 1 aromatic carbocycles. The molecule has 9 heteroatoms. The van der Waals surface area contributed by atoms with E-state index in [0.29, 0.717) is 31.1 Å². The number of rotatable bonds is 8. The number of aliphatic hydroxyl groups excluding tert-OH is 1. The molecule has 0 spiro atoms. The molecule has 2 aliphatic rings. The molecule has 0 bridgehead atoms. The number of hydrogen-bond donors (Lipinski definition) is 2. The third-order valence-corrected chi connectivity index (χ3v) is 7.80. The first-order chi connectivity index (χ1) is 15.8. The summed E-state index contributed by atoms with van der Waals surface area (Å²) in [4.78, 5) is 19.0. The lowest BCUT2D eigenvalue weighted by Crippen LogP contribution is -2.38. The van der Waals surface area contributed by atoms with Crippen molar-refractivity contribution in [3.63, 3.8) is 0 Å². The number of pyridine rings is 1. The summed E-state index contributed by atoms with van der Waals surface area (Å²) in [6.07, 6.45) is 6.27. The molecule has 1 saturated heterocycles. The number of nitrogens with one attached hydrogen (secondary N) is 1. The first kappa shape index (κ1) is 23.8. The summed E-state index contributed by atoms with van der Waals surface area (Å²) < 4.78 is 24.9. The highest BCUT2D eigenvalue weighted by Crippen LogP contribution is 2.24. The van der Waals surface area contributed by atoms with E-state index in [2.05, 4.69) is 27.3 Å². The number of amides is 1. The van der Waals surface area contributed by atoms with Crippen molar-refractivity contribution in [2.75, 3.05) is 32.4 Å². The van der Waals surface area contributed by atoms with Crippen molar-refractivity contribution in [2.24, 2.45) is 5.92 Å². The summed E-state index contributed by atoms with van der Waals surface area (Å²) in [5.41, 5.74) is 4.02. The third-order valence-electron chi connectivity index (χ3n) is 6.50. The van der Waals surface area contributed by atoms with Crippen LogP contribution >= 0.6 is 0 Å². The Balaban J connectivity index is 1.23. The quantitative estimate of drug-likeness (QED) is 0.602. The van der Waals surface area contributed by atoms with E-state index in [9.17, 15) is 18.3 Å². The zero-order valence-electron chi connectivity index (χ0n) is 19.0. The zero-order valence-corrected chi connectivity index (χ0v) is 19.8. The van der Waals surface area contributed by atoms with Crippen LogP contribution in [0.5, 0.6) is 0 Å². The zero-order chi connectivity index (χ0) is 23.4. The van der Waals surface area contributed by atoms with Gasteiger partial charge in [-0.2, -0.15) is 0 Å². The predicted molar refractivity (Wildman–Crippen MR) is 126 cm³/mol. The number of carbonyl (C=O) groups is 1. The second-order valence-corrected chi connectivity index (χ2v) is 11.2. The van der Waals surface area contributed by atoms with Gasteiger partial charge in [0.05, 0.1) is 17.9 Å². The number of β-amino-alcohol motifs (C(OH)–C–C–N with tert-alkyl or cyclic N) is 1. The number of aliphatic hydroxyl groups is 1. The molecular formula is C24H32N4O4S. The first-order valence-corrected chi connectivity index (χ1v) is 13.3. The summed E-state index contributed by atoms with van der Waals surface area (Å²) in [7, 11) is -3.13. The number of sulfonamides is 1. The van der Waals surface area contributed by atoms with E-state index in [1.54, 1.807) is 6.20 Å². The fourth-order valence-electron chi connectivity index (χ4n) is 4.71. The fourth-order valence-corrected chi connectivity index (χ4v) is 5.58. The average Bonchev–Trinajstić information content (AvgIpc) is 3.19. The lowest BCUT2D eigenvalue weighted by molar-refractivity contribution is 0.0855. The van der Waals surface area contributed by atoms with Gasteiger partial charge in [0.25, 0.3) is 5.91 Å². The molecule has 2 aliphatic heterocycles. The summed E-state index contributed by atoms with van der Waals surface area (Å²) in [5, 5.41) is 13.2. The van der Waals surface area contributed by atoms with Gasteiger partial charge in [0.15, 0.2) is 0 Å². The molecule has 0 saturated carbocycles. The Morgan fingerprint density at radius 2 is 1.85 bits per heavy atom. The van der Waals surface area contributed by atoms with Crippen LogP contribution in [0.1, 0.15) is 39.9 Å². The van der Waals surface area contributed by atoms with Crippen molar-refractivity contribution in [1.29, 1.82) is 0 Å². The van der Waals surface area contributed by atoms with Crippen LogP contribution in [0, 0.1) is 5.92 Å². The van der Waals surface area contributed by atoms with Crippen LogP contribution in [0.25, 0.3) is 0 Å². The van der Waals surface area contributed by atoms with Crippen LogP contribution in [0.3, 0.4) is 0 Å². The normalized spacial score (nSPS) is 18.7. The number of benzene rings is 1. The molecule has 1 fully saturated rings. The van der Waals surface area contributed by atoms with E-state index >= 15 is 0 Å². The van der Waals surface area contributed by atoms with Crippen LogP contribution in [0.2, 0.25) is 0 Å². The minimum Gasteiger partial charge on any atom is -0.390 e. The maximum Gasteiger partial charge on any atom is 0.252 e. The number of carbonyl (C=O) groups excluding carboxylic acids is 1. The molecule has 1 amide bonds. The highest BCUT2D eigenvalue weighted by atomic mass is 32.2. The van der Waals surface area contributed by atoms with Crippen LogP contribution in [0.15, 0.2) is 42.7 Å². The molecule has 4 rings (SSSR count). The molecule has 1 aromatic heterocycles. The Morgan fingerprint density at radius 1 is 1.18 bits per heavy atom. The Bertz CT molecular complexity index is 1060. The maximum atomic E-state index is 12.6. The van der Waals surface area contributed by atoms with Crippen LogP contribution in [-0.2, 0) is 29.5 Å². The van der Waals surface area contributed by atoms with E-state index in [1.807, 2.05) is 18.2 Å². The minimum atomic E-state index is -3.13. The van der Waals surface area contributed by atoms with E-state index in [-0.39, 0.29) is 12.5 Å². The SMILES string of the molecule is CS(=O)(=O)N1CCC(Cc2cncc(C(=O)NC[C@H](O)CN3Cc4ccccc4C3)c2)CC1. The standard InChI is InChI=1S/C24H32N4O4S/c1-33(31,32)28-8-6-18(7-9-28)10-19-11-22(13-25-12-19)24(30)26-14-23(29)17-27-15-20-4-2-3-5-21(20)16-27/h2-5,11-13,18,23,29H,6-10,14-17H2,1H3,(H,26,30)/t23-/m0/s1. The summed E-state index contributed by atoms with van der Waals surface area (Å²) in [6, 6.07) is 10.1. The molecule has 3 heterocycles. The summed E-state index contributed by atoms with van der Waals surface area (Å²) >= 11 is 0. The lowest BCUT2D eigenvalue weighted by atomic mass is 9.91. The molecule has 2 aromatic rings. The lowest BCUT2D eigenvalue weighted by Gasteiger charge is -2.30. The van der Waals surface area contributed by atoms with Gasteiger partial charge in [-0.1, -0.05) is 24.3 Å². The Hall–Kier alpha value is -2.33.